The van der Waals surface area contributed by atoms with E-state index in [2.05, 4.69) is 4.98 Å². The second kappa shape index (κ2) is 7.38. The molecule has 2 aromatic rings. The highest BCUT2D eigenvalue weighted by molar-refractivity contribution is 7.09. The van der Waals surface area contributed by atoms with Crippen LogP contribution in [0.15, 0.2) is 29.6 Å². The molecule has 0 bridgehead atoms. The third-order valence-electron chi connectivity index (χ3n) is 2.85. The normalized spacial score (nSPS) is 12.3. The third-order valence-corrected chi connectivity index (χ3v) is 3.91. The number of hydrogen-bond donors (Lipinski definition) is 1. The predicted molar refractivity (Wildman–Crippen MR) is 78.9 cm³/mol. The fraction of sp³-hybridized carbons (Fsp3) is 0.400. The van der Waals surface area contributed by atoms with Gasteiger partial charge in [0.1, 0.15) is 23.5 Å². The minimum atomic E-state index is -0.0279. The quantitative estimate of drug-likeness (QED) is 0.851. The van der Waals surface area contributed by atoms with E-state index in [1.165, 1.54) is 0 Å². The molecule has 108 valence electrons. The first-order valence-corrected chi connectivity index (χ1v) is 7.50. The lowest BCUT2D eigenvalue weighted by Gasteiger charge is -2.09. The van der Waals surface area contributed by atoms with Gasteiger partial charge >= 0.3 is 0 Å². The van der Waals surface area contributed by atoms with Crippen LogP contribution in [0.2, 0.25) is 0 Å². The summed E-state index contributed by atoms with van der Waals surface area (Å²) in [6.45, 7) is 5.01. The molecule has 4 nitrogen and oxygen atoms in total. The molecule has 0 radical (unpaired) electrons. The Kier molecular flexibility index (Phi) is 5.52. The van der Waals surface area contributed by atoms with Gasteiger partial charge < -0.3 is 14.6 Å². The number of thiazole rings is 1. The van der Waals surface area contributed by atoms with Crippen molar-refractivity contribution in [2.75, 3.05) is 6.61 Å². The van der Waals surface area contributed by atoms with Gasteiger partial charge in [-0.25, -0.2) is 4.98 Å². The average molecular weight is 293 g/mol. The van der Waals surface area contributed by atoms with E-state index in [1.54, 1.807) is 11.3 Å². The van der Waals surface area contributed by atoms with E-state index < -0.39 is 0 Å². The van der Waals surface area contributed by atoms with Gasteiger partial charge in [0.2, 0.25) is 0 Å². The molecule has 2 rings (SSSR count). The van der Waals surface area contributed by atoms with E-state index in [9.17, 15) is 5.11 Å². The molecule has 1 aromatic heterocycles. The predicted octanol–water partition coefficient (Wildman–Crippen LogP) is 3.31. The Morgan fingerprint density at radius 3 is 2.90 bits per heavy atom. The Bertz CT molecular complexity index is 541. The van der Waals surface area contributed by atoms with Crippen molar-refractivity contribution in [3.05, 3.63) is 45.9 Å². The van der Waals surface area contributed by atoms with Crippen molar-refractivity contribution in [2.24, 2.45) is 0 Å². The Morgan fingerprint density at radius 2 is 2.15 bits per heavy atom. The lowest BCUT2D eigenvalue weighted by atomic mass is 10.2. The Balaban J connectivity index is 1.97. The van der Waals surface area contributed by atoms with Gasteiger partial charge in [-0.15, -0.1) is 11.3 Å². The summed E-state index contributed by atoms with van der Waals surface area (Å²) < 4.78 is 11.2. The number of para-hydroxylation sites is 1. The summed E-state index contributed by atoms with van der Waals surface area (Å²) in [5.74, 6) is 0.697. The van der Waals surface area contributed by atoms with Gasteiger partial charge in [-0.3, -0.25) is 0 Å². The number of aliphatic hydroxyl groups is 1. The van der Waals surface area contributed by atoms with E-state index in [4.69, 9.17) is 9.47 Å². The molecule has 0 saturated heterocycles. The Labute approximate surface area is 123 Å². The highest BCUT2D eigenvalue weighted by Crippen LogP contribution is 2.23. The number of hydrogen-bond acceptors (Lipinski definition) is 5. The van der Waals surface area contributed by atoms with Crippen LogP contribution in [-0.4, -0.2) is 16.7 Å². The van der Waals surface area contributed by atoms with Gasteiger partial charge in [-0.2, -0.15) is 0 Å². The maximum atomic E-state index is 9.24. The summed E-state index contributed by atoms with van der Waals surface area (Å²) in [5.41, 5.74) is 1.66. The highest BCUT2D eigenvalue weighted by atomic mass is 32.1. The van der Waals surface area contributed by atoms with Crippen molar-refractivity contribution in [2.45, 2.75) is 33.2 Å². The number of aliphatic hydroxyl groups excluding tert-OH is 1. The maximum absolute atomic E-state index is 9.24. The molecule has 20 heavy (non-hydrogen) atoms. The molecule has 1 N–H and O–H groups in total. The van der Waals surface area contributed by atoms with Gasteiger partial charge in [0.15, 0.2) is 0 Å². The molecule has 0 fully saturated rings. The van der Waals surface area contributed by atoms with E-state index in [-0.39, 0.29) is 12.7 Å². The van der Waals surface area contributed by atoms with Crippen LogP contribution < -0.4 is 4.74 Å². The second-order valence-electron chi connectivity index (χ2n) is 4.33. The molecule has 0 spiro atoms. The van der Waals surface area contributed by atoms with Crippen molar-refractivity contribution >= 4 is 11.3 Å². The topological polar surface area (TPSA) is 51.6 Å². The fourth-order valence-electron chi connectivity index (χ4n) is 1.82. The van der Waals surface area contributed by atoms with Crippen LogP contribution >= 0.6 is 11.3 Å². The van der Waals surface area contributed by atoms with Crippen molar-refractivity contribution < 1.29 is 14.6 Å². The molecule has 1 heterocycles. The number of benzene rings is 1. The summed E-state index contributed by atoms with van der Waals surface area (Å²) in [7, 11) is 0. The van der Waals surface area contributed by atoms with Crippen LogP contribution in [0.25, 0.3) is 0 Å². The van der Waals surface area contributed by atoms with Crippen molar-refractivity contribution in [3.63, 3.8) is 0 Å². The van der Waals surface area contributed by atoms with Crippen molar-refractivity contribution in [3.8, 4) is 5.75 Å². The SMILES string of the molecule is CCOC(C)c1nc(COc2ccccc2CO)cs1. The minimum Gasteiger partial charge on any atom is -0.487 e. The van der Waals surface area contributed by atoms with Crippen LogP contribution in [0.5, 0.6) is 5.75 Å². The van der Waals surface area contributed by atoms with Crippen LogP contribution in [0.3, 0.4) is 0 Å². The second-order valence-corrected chi connectivity index (χ2v) is 5.22. The van der Waals surface area contributed by atoms with Crippen molar-refractivity contribution in [1.82, 2.24) is 4.98 Å². The maximum Gasteiger partial charge on any atom is 0.131 e. The van der Waals surface area contributed by atoms with Gasteiger partial charge in [-0.1, -0.05) is 18.2 Å². The van der Waals surface area contributed by atoms with Gasteiger partial charge in [0, 0.05) is 17.6 Å². The zero-order chi connectivity index (χ0) is 14.4. The zero-order valence-electron chi connectivity index (χ0n) is 11.7. The van der Waals surface area contributed by atoms with Crippen LogP contribution in [-0.2, 0) is 18.0 Å². The molecule has 0 aliphatic heterocycles. The standard InChI is InChI=1S/C15H19NO3S/c1-3-18-11(2)15-16-13(10-20-15)9-19-14-7-5-4-6-12(14)8-17/h4-7,10-11,17H,3,8-9H2,1-2H3. The molecule has 0 saturated carbocycles. The van der Waals surface area contributed by atoms with E-state index in [1.807, 2.05) is 43.5 Å². The summed E-state index contributed by atoms with van der Waals surface area (Å²) in [4.78, 5) is 4.51. The van der Waals surface area contributed by atoms with Gasteiger partial charge in [0.05, 0.1) is 12.3 Å². The molecular formula is C15H19NO3S. The molecule has 0 aliphatic carbocycles. The third kappa shape index (κ3) is 3.79. The molecule has 0 aliphatic rings. The highest BCUT2D eigenvalue weighted by Gasteiger charge is 2.11. The number of ether oxygens (including phenoxy) is 2. The number of nitrogens with zero attached hydrogens (tertiary/aromatic N) is 1. The number of rotatable bonds is 7. The molecule has 1 atom stereocenters. The van der Waals surface area contributed by atoms with E-state index in [0.29, 0.717) is 19.0 Å². The van der Waals surface area contributed by atoms with Gasteiger partial charge in [-0.05, 0) is 19.9 Å². The van der Waals surface area contributed by atoms with Crippen LogP contribution in [0.1, 0.15) is 36.2 Å². The summed E-state index contributed by atoms with van der Waals surface area (Å²) in [5, 5.41) is 12.2. The number of aromatic nitrogens is 1. The van der Waals surface area contributed by atoms with E-state index in [0.717, 1.165) is 16.3 Å². The first kappa shape index (κ1) is 15.0. The largest absolute Gasteiger partial charge is 0.487 e. The zero-order valence-corrected chi connectivity index (χ0v) is 12.5. The molecular weight excluding hydrogens is 274 g/mol. The first-order valence-electron chi connectivity index (χ1n) is 6.62. The average Bonchev–Trinajstić information content (AvgIpc) is 2.94. The minimum absolute atomic E-state index is 0.0171. The lowest BCUT2D eigenvalue weighted by Crippen LogP contribution is -2.01. The lowest BCUT2D eigenvalue weighted by molar-refractivity contribution is 0.0760. The summed E-state index contributed by atoms with van der Waals surface area (Å²) in [6.07, 6.45) is 0.0171. The van der Waals surface area contributed by atoms with Crippen molar-refractivity contribution in [1.29, 1.82) is 0 Å². The smallest absolute Gasteiger partial charge is 0.131 e. The van der Waals surface area contributed by atoms with Crippen LogP contribution in [0.4, 0.5) is 0 Å². The van der Waals surface area contributed by atoms with E-state index >= 15 is 0 Å². The molecule has 5 heteroatoms. The van der Waals surface area contributed by atoms with Gasteiger partial charge in [0.25, 0.3) is 0 Å². The molecule has 0 amide bonds. The Morgan fingerprint density at radius 1 is 1.35 bits per heavy atom. The van der Waals surface area contributed by atoms with Crippen LogP contribution in [0, 0.1) is 0 Å². The monoisotopic (exact) mass is 293 g/mol. The molecule has 1 unspecified atom stereocenters. The molecule has 1 aromatic carbocycles. The fourth-order valence-corrected chi connectivity index (χ4v) is 2.63. The Hall–Kier alpha value is -1.43. The summed E-state index contributed by atoms with van der Waals surface area (Å²) >= 11 is 1.58. The summed E-state index contributed by atoms with van der Waals surface area (Å²) in [6, 6.07) is 7.46. The first-order chi connectivity index (χ1) is 9.74.